The summed E-state index contributed by atoms with van der Waals surface area (Å²) in [5.41, 5.74) is -0.0987. The van der Waals surface area contributed by atoms with Gasteiger partial charge >= 0.3 is 0 Å². The molecule has 1 rings (SSSR count). The Morgan fingerprint density at radius 2 is 2.24 bits per heavy atom. The van der Waals surface area contributed by atoms with Gasteiger partial charge in [-0.3, -0.25) is 4.79 Å². The van der Waals surface area contributed by atoms with Gasteiger partial charge < -0.3 is 10.4 Å². The minimum atomic E-state index is -0.601. The Bertz CT molecular complexity index is 419. The van der Waals surface area contributed by atoms with E-state index < -0.39 is 5.54 Å². The van der Waals surface area contributed by atoms with E-state index in [1.54, 1.807) is 25.1 Å². The van der Waals surface area contributed by atoms with Crippen molar-refractivity contribution in [3.05, 3.63) is 33.3 Å². The smallest absolute Gasteiger partial charge is 0.252 e. The Kier molecular flexibility index (Phi) is 4.98. The van der Waals surface area contributed by atoms with Gasteiger partial charge in [0.1, 0.15) is 0 Å². The maximum absolute atomic E-state index is 12.0. The summed E-state index contributed by atoms with van der Waals surface area (Å²) in [4.78, 5) is 12.0. The van der Waals surface area contributed by atoms with Crippen LogP contribution in [0.15, 0.2) is 22.7 Å². The van der Waals surface area contributed by atoms with Crippen molar-refractivity contribution < 1.29 is 9.90 Å². The molecule has 0 aromatic heterocycles. The van der Waals surface area contributed by atoms with Crippen molar-refractivity contribution in [2.45, 2.75) is 25.8 Å². The zero-order chi connectivity index (χ0) is 13.1. The van der Waals surface area contributed by atoms with E-state index in [-0.39, 0.29) is 12.5 Å². The number of hydrogen-bond donors (Lipinski definition) is 2. The second-order valence-corrected chi connectivity index (χ2v) is 5.44. The quantitative estimate of drug-likeness (QED) is 0.896. The van der Waals surface area contributed by atoms with Crippen LogP contribution in [0.1, 0.15) is 30.6 Å². The second-order valence-electron chi connectivity index (χ2n) is 4.15. The van der Waals surface area contributed by atoms with Crippen LogP contribution in [0.2, 0.25) is 5.02 Å². The third-order valence-electron chi connectivity index (χ3n) is 2.72. The molecule has 1 amide bonds. The van der Waals surface area contributed by atoms with Gasteiger partial charge in [0, 0.05) is 9.50 Å². The molecule has 0 bridgehead atoms. The van der Waals surface area contributed by atoms with Crippen LogP contribution < -0.4 is 5.32 Å². The lowest BCUT2D eigenvalue weighted by atomic mass is 9.99. The summed E-state index contributed by atoms with van der Waals surface area (Å²) >= 11 is 9.10. The summed E-state index contributed by atoms with van der Waals surface area (Å²) in [7, 11) is 0. The van der Waals surface area contributed by atoms with Crippen molar-refractivity contribution in [3.8, 4) is 0 Å². The Balaban J connectivity index is 2.90. The number of amides is 1. The molecule has 1 aromatic rings. The van der Waals surface area contributed by atoms with E-state index in [2.05, 4.69) is 21.2 Å². The summed E-state index contributed by atoms with van der Waals surface area (Å²) in [5, 5.41) is 12.6. The average Bonchev–Trinajstić information content (AvgIpc) is 2.28. The SMILES string of the molecule is CCC(C)(CO)NC(=O)c1ccc(Cl)cc1Br. The van der Waals surface area contributed by atoms with Gasteiger partial charge in [-0.2, -0.15) is 0 Å². The van der Waals surface area contributed by atoms with Gasteiger partial charge in [-0.25, -0.2) is 0 Å². The van der Waals surface area contributed by atoms with E-state index in [1.165, 1.54) is 0 Å². The lowest BCUT2D eigenvalue weighted by Crippen LogP contribution is -2.48. The summed E-state index contributed by atoms with van der Waals surface area (Å²) in [5.74, 6) is -0.230. The molecule has 0 radical (unpaired) electrons. The Morgan fingerprint density at radius 3 is 2.71 bits per heavy atom. The molecular formula is C12H15BrClNO2. The Morgan fingerprint density at radius 1 is 1.59 bits per heavy atom. The van der Waals surface area contributed by atoms with Crippen molar-refractivity contribution in [3.63, 3.8) is 0 Å². The van der Waals surface area contributed by atoms with Crippen LogP contribution in [-0.4, -0.2) is 23.2 Å². The fourth-order valence-corrected chi connectivity index (χ4v) is 2.12. The molecule has 1 aromatic carbocycles. The van der Waals surface area contributed by atoms with Crippen LogP contribution in [0.3, 0.4) is 0 Å². The van der Waals surface area contributed by atoms with E-state index in [0.29, 0.717) is 21.5 Å². The predicted octanol–water partition coefficient (Wildman–Crippen LogP) is 2.99. The minimum Gasteiger partial charge on any atom is -0.394 e. The first-order chi connectivity index (χ1) is 7.91. The van der Waals surface area contributed by atoms with Gasteiger partial charge in [-0.15, -0.1) is 0 Å². The number of rotatable bonds is 4. The van der Waals surface area contributed by atoms with E-state index in [0.717, 1.165) is 0 Å². The number of nitrogens with one attached hydrogen (secondary N) is 1. The van der Waals surface area contributed by atoms with E-state index >= 15 is 0 Å². The standard InChI is InChI=1S/C12H15BrClNO2/c1-3-12(2,7-16)15-11(17)9-5-4-8(14)6-10(9)13/h4-6,16H,3,7H2,1-2H3,(H,15,17). The molecule has 1 atom stereocenters. The van der Waals surface area contributed by atoms with Gasteiger partial charge in [0.25, 0.3) is 5.91 Å². The average molecular weight is 321 g/mol. The number of benzene rings is 1. The van der Waals surface area contributed by atoms with Crippen LogP contribution in [0.4, 0.5) is 0 Å². The first-order valence-corrected chi connectivity index (χ1v) is 6.47. The van der Waals surface area contributed by atoms with Gasteiger partial charge in [0.2, 0.25) is 0 Å². The summed E-state index contributed by atoms with van der Waals surface area (Å²) < 4.78 is 0.638. The van der Waals surface area contributed by atoms with Crippen molar-refractivity contribution in [1.29, 1.82) is 0 Å². The third kappa shape index (κ3) is 3.69. The molecule has 94 valence electrons. The topological polar surface area (TPSA) is 49.3 Å². The normalized spacial score (nSPS) is 14.2. The fraction of sp³-hybridized carbons (Fsp3) is 0.417. The summed E-state index contributed by atoms with van der Waals surface area (Å²) in [6.45, 7) is 3.61. The third-order valence-corrected chi connectivity index (χ3v) is 3.61. The summed E-state index contributed by atoms with van der Waals surface area (Å²) in [6, 6.07) is 4.97. The number of carbonyl (C=O) groups excluding carboxylic acids is 1. The van der Waals surface area contributed by atoms with Crippen LogP contribution in [0.25, 0.3) is 0 Å². The summed E-state index contributed by atoms with van der Waals surface area (Å²) in [6.07, 6.45) is 0.653. The molecule has 0 saturated heterocycles. The lowest BCUT2D eigenvalue weighted by molar-refractivity contribution is 0.0846. The monoisotopic (exact) mass is 319 g/mol. The molecule has 3 nitrogen and oxygen atoms in total. The maximum atomic E-state index is 12.0. The first-order valence-electron chi connectivity index (χ1n) is 5.30. The van der Waals surface area contributed by atoms with E-state index in [1.807, 2.05) is 6.92 Å². The van der Waals surface area contributed by atoms with Crippen molar-refractivity contribution >= 4 is 33.4 Å². The Hall–Kier alpha value is -0.580. The first kappa shape index (κ1) is 14.5. The molecule has 0 saturated carbocycles. The molecule has 0 spiro atoms. The zero-order valence-electron chi connectivity index (χ0n) is 9.76. The largest absolute Gasteiger partial charge is 0.394 e. The van der Waals surface area contributed by atoms with Gasteiger partial charge in [-0.05, 0) is 47.5 Å². The molecule has 5 heteroatoms. The molecule has 1 unspecified atom stereocenters. The molecular weight excluding hydrogens is 305 g/mol. The molecule has 0 fully saturated rings. The number of hydrogen-bond acceptors (Lipinski definition) is 2. The Labute approximate surface area is 114 Å². The maximum Gasteiger partial charge on any atom is 0.252 e. The zero-order valence-corrected chi connectivity index (χ0v) is 12.1. The van der Waals surface area contributed by atoms with Crippen LogP contribution in [-0.2, 0) is 0 Å². The highest BCUT2D eigenvalue weighted by Gasteiger charge is 2.24. The van der Waals surface area contributed by atoms with E-state index in [4.69, 9.17) is 11.6 Å². The van der Waals surface area contributed by atoms with Crippen molar-refractivity contribution in [1.82, 2.24) is 5.32 Å². The highest BCUT2D eigenvalue weighted by molar-refractivity contribution is 9.10. The molecule has 0 aliphatic carbocycles. The predicted molar refractivity (Wildman–Crippen MR) is 72.4 cm³/mol. The van der Waals surface area contributed by atoms with Crippen molar-refractivity contribution in [2.24, 2.45) is 0 Å². The molecule has 0 aliphatic rings. The second kappa shape index (κ2) is 5.85. The molecule has 2 N–H and O–H groups in total. The molecule has 17 heavy (non-hydrogen) atoms. The highest BCUT2D eigenvalue weighted by Crippen LogP contribution is 2.22. The number of aliphatic hydroxyl groups is 1. The lowest BCUT2D eigenvalue weighted by Gasteiger charge is -2.27. The number of carbonyl (C=O) groups is 1. The van der Waals surface area contributed by atoms with Gasteiger partial charge in [-0.1, -0.05) is 18.5 Å². The van der Waals surface area contributed by atoms with E-state index in [9.17, 15) is 9.90 Å². The van der Waals surface area contributed by atoms with Crippen molar-refractivity contribution in [2.75, 3.05) is 6.61 Å². The van der Waals surface area contributed by atoms with Crippen LogP contribution in [0, 0.1) is 0 Å². The minimum absolute atomic E-state index is 0.0968. The number of halogens is 2. The van der Waals surface area contributed by atoms with Gasteiger partial charge in [0.05, 0.1) is 17.7 Å². The molecule has 0 heterocycles. The molecule has 0 aliphatic heterocycles. The van der Waals surface area contributed by atoms with Crippen LogP contribution in [0.5, 0.6) is 0 Å². The van der Waals surface area contributed by atoms with Gasteiger partial charge in [0.15, 0.2) is 0 Å². The number of aliphatic hydroxyl groups excluding tert-OH is 1. The highest BCUT2D eigenvalue weighted by atomic mass is 79.9. The van der Waals surface area contributed by atoms with Crippen LogP contribution >= 0.6 is 27.5 Å². The fourth-order valence-electron chi connectivity index (χ4n) is 1.25.